The molecule has 0 amide bonds. The van der Waals surface area contributed by atoms with Crippen LogP contribution in [0.25, 0.3) is 11.1 Å². The Morgan fingerprint density at radius 3 is 1.43 bits per heavy atom. The van der Waals surface area contributed by atoms with E-state index in [1.807, 2.05) is 0 Å². The van der Waals surface area contributed by atoms with Gasteiger partial charge in [0.1, 0.15) is 0 Å². The van der Waals surface area contributed by atoms with E-state index in [4.69, 9.17) is 0 Å². The first-order valence-corrected chi connectivity index (χ1v) is 7.34. The zero-order chi connectivity index (χ0) is 16.3. The summed E-state index contributed by atoms with van der Waals surface area (Å²) in [5.74, 6) is 0. The minimum Gasteiger partial charge on any atom is -0.166 e. The molecule has 0 radical (unpaired) electrons. The minimum absolute atomic E-state index is 0.602. The molecule has 0 nitrogen and oxygen atoms in total. The molecule has 0 bridgehead atoms. The number of hydrogen-bond donors (Lipinski definition) is 0. The second kappa shape index (κ2) is 6.29. The van der Waals surface area contributed by atoms with E-state index in [0.29, 0.717) is 0 Å². The highest BCUT2D eigenvalue weighted by molar-refractivity contribution is 5.76. The quantitative estimate of drug-likeness (QED) is 0.375. The van der Waals surface area contributed by atoms with Gasteiger partial charge in [0.05, 0.1) is 5.56 Å². The summed E-state index contributed by atoms with van der Waals surface area (Å²) >= 11 is 0. The largest absolute Gasteiger partial charge is 0.416 e. The van der Waals surface area contributed by atoms with Crippen molar-refractivity contribution in [2.75, 3.05) is 0 Å². The SMILES string of the molecule is FC(F)(F)c1ccccc1.c1ccc2c(c1)Cc1ccccc1-2. The molecular formula is C20H15F3. The van der Waals surface area contributed by atoms with Gasteiger partial charge in [0, 0.05) is 0 Å². The van der Waals surface area contributed by atoms with Crippen molar-refractivity contribution in [2.24, 2.45) is 0 Å². The van der Waals surface area contributed by atoms with E-state index in [9.17, 15) is 13.2 Å². The van der Waals surface area contributed by atoms with Gasteiger partial charge in [-0.1, -0.05) is 78.9 Å². The van der Waals surface area contributed by atoms with Crippen LogP contribution in [0.3, 0.4) is 0 Å². The van der Waals surface area contributed by atoms with Gasteiger partial charge in [-0.3, -0.25) is 0 Å². The summed E-state index contributed by atoms with van der Waals surface area (Å²) in [5, 5.41) is 0. The van der Waals surface area contributed by atoms with E-state index in [-0.39, 0.29) is 0 Å². The maximum absolute atomic E-state index is 11.8. The van der Waals surface area contributed by atoms with Gasteiger partial charge in [-0.05, 0) is 28.7 Å². The van der Waals surface area contributed by atoms with Gasteiger partial charge in [-0.15, -0.1) is 0 Å². The van der Waals surface area contributed by atoms with E-state index in [2.05, 4.69) is 48.5 Å². The number of alkyl halides is 3. The molecular weight excluding hydrogens is 297 g/mol. The maximum atomic E-state index is 11.8. The average Bonchev–Trinajstić information content (AvgIpc) is 2.94. The van der Waals surface area contributed by atoms with E-state index in [0.717, 1.165) is 18.6 Å². The Bertz CT molecular complexity index is 746. The van der Waals surface area contributed by atoms with Crippen LogP contribution < -0.4 is 0 Å². The number of halogens is 3. The van der Waals surface area contributed by atoms with Crippen LogP contribution >= 0.6 is 0 Å². The molecule has 0 spiro atoms. The number of hydrogen-bond acceptors (Lipinski definition) is 0. The van der Waals surface area contributed by atoms with Gasteiger partial charge in [0.2, 0.25) is 0 Å². The first kappa shape index (κ1) is 15.3. The highest BCUT2D eigenvalue weighted by atomic mass is 19.4. The first-order valence-electron chi connectivity index (χ1n) is 7.34. The zero-order valence-electron chi connectivity index (χ0n) is 12.3. The van der Waals surface area contributed by atoms with Crippen LogP contribution in [-0.4, -0.2) is 0 Å². The van der Waals surface area contributed by atoms with E-state index < -0.39 is 11.7 Å². The first-order chi connectivity index (χ1) is 11.1. The molecule has 0 saturated carbocycles. The molecule has 0 unspecified atom stereocenters. The van der Waals surface area contributed by atoms with Crippen molar-refractivity contribution in [1.29, 1.82) is 0 Å². The summed E-state index contributed by atoms with van der Waals surface area (Å²) in [6, 6.07) is 23.7. The van der Waals surface area contributed by atoms with Gasteiger partial charge >= 0.3 is 6.18 Å². The molecule has 4 rings (SSSR count). The highest BCUT2D eigenvalue weighted by Crippen LogP contribution is 2.35. The smallest absolute Gasteiger partial charge is 0.166 e. The van der Waals surface area contributed by atoms with Crippen molar-refractivity contribution in [3.05, 3.63) is 95.6 Å². The zero-order valence-corrected chi connectivity index (χ0v) is 12.3. The molecule has 0 aromatic heterocycles. The predicted molar refractivity (Wildman–Crippen MR) is 86.1 cm³/mol. The third-order valence-electron chi connectivity index (χ3n) is 3.81. The van der Waals surface area contributed by atoms with Crippen molar-refractivity contribution in [1.82, 2.24) is 0 Å². The van der Waals surface area contributed by atoms with Crippen molar-refractivity contribution in [3.63, 3.8) is 0 Å². The molecule has 1 aliphatic rings. The van der Waals surface area contributed by atoms with Gasteiger partial charge in [-0.2, -0.15) is 13.2 Å². The molecule has 0 atom stereocenters. The minimum atomic E-state index is -4.21. The summed E-state index contributed by atoms with van der Waals surface area (Å²) in [7, 11) is 0. The summed E-state index contributed by atoms with van der Waals surface area (Å²) in [6.45, 7) is 0. The molecule has 3 heteroatoms. The summed E-state index contributed by atoms with van der Waals surface area (Å²) < 4.78 is 35.4. The van der Waals surface area contributed by atoms with E-state index >= 15 is 0 Å². The molecule has 0 N–H and O–H groups in total. The molecule has 0 fully saturated rings. The van der Waals surface area contributed by atoms with Gasteiger partial charge in [0.15, 0.2) is 0 Å². The van der Waals surface area contributed by atoms with Gasteiger partial charge in [-0.25, -0.2) is 0 Å². The molecule has 3 aromatic rings. The molecule has 23 heavy (non-hydrogen) atoms. The van der Waals surface area contributed by atoms with Crippen LogP contribution in [-0.2, 0) is 12.6 Å². The Labute approximate surface area is 133 Å². The molecule has 0 saturated heterocycles. The second-order valence-electron chi connectivity index (χ2n) is 5.35. The fourth-order valence-electron chi connectivity index (χ4n) is 2.71. The summed E-state index contributed by atoms with van der Waals surface area (Å²) in [5.41, 5.74) is 5.15. The van der Waals surface area contributed by atoms with Crippen LogP contribution in [0, 0.1) is 0 Å². The predicted octanol–water partition coefficient (Wildman–Crippen LogP) is 5.96. The molecule has 0 aliphatic heterocycles. The van der Waals surface area contributed by atoms with Crippen molar-refractivity contribution in [2.45, 2.75) is 12.6 Å². The van der Waals surface area contributed by atoms with Crippen LogP contribution in [0.15, 0.2) is 78.9 Å². The number of benzene rings is 3. The lowest BCUT2D eigenvalue weighted by Gasteiger charge is -2.03. The Morgan fingerprint density at radius 2 is 1.00 bits per heavy atom. The third-order valence-corrected chi connectivity index (χ3v) is 3.81. The van der Waals surface area contributed by atoms with Gasteiger partial charge < -0.3 is 0 Å². The van der Waals surface area contributed by atoms with E-state index in [1.54, 1.807) is 6.07 Å². The normalized spacial score (nSPS) is 12.0. The molecule has 1 aliphatic carbocycles. The standard InChI is InChI=1S/C13H10.C7H5F3/c1-3-7-12-10(5-1)9-11-6-2-4-8-13(11)12;8-7(9,10)6-4-2-1-3-5-6/h1-8H,9H2;1-5H. The monoisotopic (exact) mass is 312 g/mol. The van der Waals surface area contributed by atoms with Crippen LogP contribution in [0.2, 0.25) is 0 Å². The van der Waals surface area contributed by atoms with E-state index in [1.165, 1.54) is 34.4 Å². The Balaban J connectivity index is 0.000000142. The number of fused-ring (bicyclic) bond motifs is 3. The Kier molecular flexibility index (Phi) is 4.20. The third kappa shape index (κ3) is 3.45. The fourth-order valence-corrected chi connectivity index (χ4v) is 2.71. The summed E-state index contributed by atoms with van der Waals surface area (Å²) in [6.07, 6.45) is -3.10. The molecule has 3 aromatic carbocycles. The maximum Gasteiger partial charge on any atom is 0.416 e. The second-order valence-corrected chi connectivity index (χ2v) is 5.35. The van der Waals surface area contributed by atoms with Crippen LogP contribution in [0.4, 0.5) is 13.2 Å². The lowest BCUT2D eigenvalue weighted by molar-refractivity contribution is -0.137. The fraction of sp³-hybridized carbons (Fsp3) is 0.100. The van der Waals surface area contributed by atoms with Crippen molar-refractivity contribution < 1.29 is 13.2 Å². The Hall–Kier alpha value is -2.55. The topological polar surface area (TPSA) is 0 Å². The Morgan fingerprint density at radius 1 is 0.565 bits per heavy atom. The van der Waals surface area contributed by atoms with Crippen LogP contribution in [0.5, 0.6) is 0 Å². The lowest BCUT2D eigenvalue weighted by Crippen LogP contribution is -2.03. The lowest BCUT2D eigenvalue weighted by atomic mass is 10.1. The highest BCUT2D eigenvalue weighted by Gasteiger charge is 2.29. The van der Waals surface area contributed by atoms with Crippen molar-refractivity contribution in [3.8, 4) is 11.1 Å². The molecule has 0 heterocycles. The van der Waals surface area contributed by atoms with Crippen molar-refractivity contribution >= 4 is 0 Å². The van der Waals surface area contributed by atoms with Gasteiger partial charge in [0.25, 0.3) is 0 Å². The summed E-state index contributed by atoms with van der Waals surface area (Å²) in [4.78, 5) is 0. The molecule has 116 valence electrons. The van der Waals surface area contributed by atoms with Crippen LogP contribution in [0.1, 0.15) is 16.7 Å². The average molecular weight is 312 g/mol. The number of rotatable bonds is 0.